The van der Waals surface area contributed by atoms with E-state index in [1.807, 2.05) is 26.2 Å². The fourth-order valence-corrected chi connectivity index (χ4v) is 6.13. The molecule has 3 amide bonds. The molecule has 0 saturated carbocycles. The molecule has 4 heterocycles. The van der Waals surface area contributed by atoms with Crippen molar-refractivity contribution in [3.05, 3.63) is 58.9 Å². The largest absolute Gasteiger partial charge is 0.493 e. The van der Waals surface area contributed by atoms with E-state index in [2.05, 4.69) is 9.98 Å². The average Bonchev–Trinajstić information content (AvgIpc) is 3.58. The first-order valence-corrected chi connectivity index (χ1v) is 15.5. The van der Waals surface area contributed by atoms with Gasteiger partial charge in [0.2, 0.25) is 5.91 Å². The highest BCUT2D eigenvalue weighted by Gasteiger charge is 2.33. The summed E-state index contributed by atoms with van der Waals surface area (Å²) in [5.41, 5.74) is 9.76. The summed E-state index contributed by atoms with van der Waals surface area (Å²) in [7, 11) is 3.01. The Morgan fingerprint density at radius 2 is 1.23 bits per heavy atom. The van der Waals surface area contributed by atoms with Crippen LogP contribution in [0.5, 0.6) is 23.0 Å². The first-order valence-electron chi connectivity index (χ1n) is 15.5. The van der Waals surface area contributed by atoms with Gasteiger partial charge in [-0.15, -0.1) is 0 Å². The molecule has 4 aliphatic rings. The molecule has 246 valence electrons. The maximum Gasteiger partial charge on any atom is 0.260 e. The number of rotatable bonds is 11. The predicted molar refractivity (Wildman–Crippen MR) is 176 cm³/mol. The van der Waals surface area contributed by atoms with E-state index in [0.29, 0.717) is 45.5 Å². The van der Waals surface area contributed by atoms with Gasteiger partial charge in [0.15, 0.2) is 23.0 Å². The number of aliphatic imine (C=N–C) groups is 2. The van der Waals surface area contributed by atoms with Crippen LogP contribution in [0.4, 0.5) is 11.4 Å². The molecule has 2 atom stereocenters. The van der Waals surface area contributed by atoms with Gasteiger partial charge in [0.05, 0.1) is 68.4 Å². The minimum atomic E-state index is -0.279. The van der Waals surface area contributed by atoms with Crippen molar-refractivity contribution in [1.29, 1.82) is 0 Å². The Labute approximate surface area is 272 Å². The average molecular weight is 643 g/mol. The molecule has 13 heteroatoms. The van der Waals surface area contributed by atoms with Gasteiger partial charge in [-0.05, 0) is 38.8 Å². The molecule has 6 rings (SSSR count). The number of ether oxygens (including phenoxy) is 4. The molecule has 13 nitrogen and oxygen atoms in total. The third-order valence-corrected chi connectivity index (χ3v) is 8.53. The van der Waals surface area contributed by atoms with E-state index in [1.54, 1.807) is 51.4 Å². The lowest BCUT2D eigenvalue weighted by atomic mass is 10.1. The Bertz CT molecular complexity index is 1610. The number of methoxy groups -OCH3 is 2. The van der Waals surface area contributed by atoms with Crippen molar-refractivity contribution in [1.82, 2.24) is 14.7 Å². The highest BCUT2D eigenvalue weighted by molar-refractivity contribution is 6.05. The van der Waals surface area contributed by atoms with Gasteiger partial charge >= 0.3 is 0 Å². The summed E-state index contributed by atoms with van der Waals surface area (Å²) >= 11 is 0. The van der Waals surface area contributed by atoms with Crippen LogP contribution in [0.1, 0.15) is 47.4 Å². The third kappa shape index (κ3) is 6.30. The van der Waals surface area contributed by atoms with Crippen molar-refractivity contribution in [3.63, 3.8) is 0 Å². The van der Waals surface area contributed by atoms with Gasteiger partial charge < -0.3 is 39.4 Å². The van der Waals surface area contributed by atoms with Crippen LogP contribution < -0.4 is 24.7 Å². The Balaban J connectivity index is 1.11. The van der Waals surface area contributed by atoms with Gasteiger partial charge in [0.1, 0.15) is 13.2 Å². The fourth-order valence-electron chi connectivity index (χ4n) is 6.13. The number of hydrogen-bond acceptors (Lipinski definition) is 10. The van der Waals surface area contributed by atoms with Gasteiger partial charge in [-0.1, -0.05) is 11.1 Å². The van der Waals surface area contributed by atoms with Crippen molar-refractivity contribution >= 4 is 41.5 Å². The lowest BCUT2D eigenvalue weighted by Gasteiger charge is -2.23. The molecule has 0 spiro atoms. The molecular formula is C34H38N6O7. The summed E-state index contributed by atoms with van der Waals surface area (Å²) in [6.45, 7) is 4.47. The summed E-state index contributed by atoms with van der Waals surface area (Å²) in [4.78, 5) is 53.3. The smallest absolute Gasteiger partial charge is 0.260 e. The maximum absolute atomic E-state index is 13.3. The molecule has 0 saturated heterocycles. The Hall–Kier alpha value is -5.17. The van der Waals surface area contributed by atoms with Crippen LogP contribution in [0.15, 0.2) is 57.8 Å². The molecule has 0 radical (unpaired) electrons. The number of nitrogens with two attached hydrogens (primary N) is 1. The predicted octanol–water partition coefficient (Wildman–Crippen LogP) is 3.62. The van der Waals surface area contributed by atoms with Gasteiger partial charge in [-0.25, -0.2) is 0 Å². The van der Waals surface area contributed by atoms with Crippen molar-refractivity contribution < 1.29 is 33.3 Å². The molecule has 0 fully saturated rings. The zero-order valence-electron chi connectivity index (χ0n) is 26.9. The van der Waals surface area contributed by atoms with Crippen molar-refractivity contribution in [2.75, 3.05) is 47.1 Å². The lowest BCUT2D eigenvalue weighted by Crippen LogP contribution is -2.41. The summed E-state index contributed by atoms with van der Waals surface area (Å²) in [5.74, 6) is 0.984. The van der Waals surface area contributed by atoms with Crippen molar-refractivity contribution in [2.45, 2.75) is 38.8 Å². The SMILES string of the molecule is COc1cc2c(cc1OCCN(CCOc1cc3c(cc1OC)C(=O)N1C=C(C)C[C@H]1C=N3)C(=O)CN)N=C[C@@H]1CC(C)=CN1C2=O. The van der Waals surface area contributed by atoms with Crippen LogP contribution in [-0.4, -0.2) is 104 Å². The molecule has 4 aliphatic heterocycles. The lowest BCUT2D eigenvalue weighted by molar-refractivity contribution is -0.130. The summed E-state index contributed by atoms with van der Waals surface area (Å²) < 4.78 is 23.2. The zero-order valence-corrected chi connectivity index (χ0v) is 26.9. The first-order chi connectivity index (χ1) is 22.7. The van der Waals surface area contributed by atoms with Crippen LogP contribution in [0.3, 0.4) is 0 Å². The second kappa shape index (κ2) is 13.3. The standard InChI is InChI=1S/C34H38N6O7/c1-20-9-22-16-36-26-13-30(28(44-3)11-24(26)33(42)39(22)18-20)46-7-5-38(32(41)15-35)6-8-47-31-14-27-25(12-29(31)45-4)34(43)40-19-21(2)10-23(40)17-37-27/h11-14,16-19,22-23H,5-10,15,35H2,1-4H3/t22-,23-/m0/s1. The summed E-state index contributed by atoms with van der Waals surface area (Å²) in [6.07, 6.45) is 8.75. The van der Waals surface area contributed by atoms with Crippen LogP contribution in [0, 0.1) is 0 Å². The molecule has 2 aromatic carbocycles. The van der Waals surface area contributed by atoms with Crippen molar-refractivity contribution in [3.8, 4) is 23.0 Å². The highest BCUT2D eigenvalue weighted by Crippen LogP contribution is 2.40. The Morgan fingerprint density at radius 1 is 0.787 bits per heavy atom. The number of amides is 3. The third-order valence-electron chi connectivity index (χ3n) is 8.53. The molecule has 2 N–H and O–H groups in total. The van der Waals surface area contributed by atoms with Crippen LogP contribution in [0.2, 0.25) is 0 Å². The van der Waals surface area contributed by atoms with Crippen LogP contribution >= 0.6 is 0 Å². The number of hydrogen-bond donors (Lipinski definition) is 1. The minimum Gasteiger partial charge on any atom is -0.493 e. The summed E-state index contributed by atoms with van der Waals surface area (Å²) in [5, 5.41) is 0. The van der Waals surface area contributed by atoms with Gasteiger partial charge in [0, 0.05) is 37.0 Å². The van der Waals surface area contributed by atoms with E-state index in [0.717, 1.165) is 24.0 Å². The topological polar surface area (TPSA) is 149 Å². The molecular weight excluding hydrogens is 604 g/mol. The number of carbonyl (C=O) groups is 3. The highest BCUT2D eigenvalue weighted by atomic mass is 16.5. The van der Waals surface area contributed by atoms with Gasteiger partial charge in [-0.2, -0.15) is 0 Å². The number of carbonyl (C=O) groups excluding carboxylic acids is 3. The van der Waals surface area contributed by atoms with Gasteiger partial charge in [-0.3, -0.25) is 24.4 Å². The molecule has 0 aromatic heterocycles. The molecule has 2 aromatic rings. The van der Waals surface area contributed by atoms with Crippen LogP contribution in [-0.2, 0) is 4.79 Å². The summed E-state index contributed by atoms with van der Waals surface area (Å²) in [6, 6.07) is 6.39. The minimum absolute atomic E-state index is 0.122. The molecule has 0 aliphatic carbocycles. The quantitative estimate of drug-likeness (QED) is 0.391. The molecule has 0 bridgehead atoms. The number of fused-ring (bicyclic) bond motifs is 4. The normalized spacial score (nSPS) is 19.2. The molecule has 0 unspecified atom stereocenters. The zero-order chi connectivity index (χ0) is 33.2. The van der Waals surface area contributed by atoms with E-state index >= 15 is 0 Å². The monoisotopic (exact) mass is 642 g/mol. The van der Waals surface area contributed by atoms with E-state index in [-0.39, 0.29) is 62.7 Å². The van der Waals surface area contributed by atoms with E-state index in [4.69, 9.17) is 24.7 Å². The Kier molecular flexibility index (Phi) is 8.99. The van der Waals surface area contributed by atoms with Crippen LogP contribution in [0.25, 0.3) is 0 Å². The van der Waals surface area contributed by atoms with E-state index < -0.39 is 0 Å². The van der Waals surface area contributed by atoms with Crippen molar-refractivity contribution in [2.24, 2.45) is 15.7 Å². The van der Waals surface area contributed by atoms with Gasteiger partial charge in [0.25, 0.3) is 11.8 Å². The Morgan fingerprint density at radius 3 is 1.64 bits per heavy atom. The second-order valence-corrected chi connectivity index (χ2v) is 11.8. The first kappa shape index (κ1) is 31.8. The number of benzene rings is 2. The second-order valence-electron chi connectivity index (χ2n) is 11.8. The fraction of sp³-hybridized carbons (Fsp3) is 0.382. The maximum atomic E-state index is 13.3. The van der Waals surface area contributed by atoms with E-state index in [1.165, 1.54) is 14.2 Å². The number of nitrogens with zero attached hydrogens (tertiary/aromatic N) is 5. The molecule has 47 heavy (non-hydrogen) atoms. The van der Waals surface area contributed by atoms with E-state index in [9.17, 15) is 14.4 Å².